The normalized spacial score (nSPS) is 17.4. The fraction of sp³-hybridized carbons (Fsp3) is 0.286. The van der Waals surface area contributed by atoms with E-state index in [4.69, 9.17) is 0 Å². The zero-order chi connectivity index (χ0) is 19.9. The van der Waals surface area contributed by atoms with Gasteiger partial charge in [0.15, 0.2) is 6.04 Å². The van der Waals surface area contributed by atoms with Gasteiger partial charge in [0.1, 0.15) is 0 Å². The van der Waals surface area contributed by atoms with Crippen molar-refractivity contribution in [1.29, 1.82) is 0 Å². The van der Waals surface area contributed by atoms with Crippen molar-refractivity contribution in [3.63, 3.8) is 0 Å². The number of nitrogens with zero attached hydrogens (tertiary/aromatic N) is 1. The summed E-state index contributed by atoms with van der Waals surface area (Å²) in [4.78, 5) is 38.4. The molecule has 0 saturated carbocycles. The molecule has 2 aromatic carbocycles. The molecular formula is C21H23N3O4. The van der Waals surface area contributed by atoms with Crippen molar-refractivity contribution < 1.29 is 19.5 Å². The Kier molecular flexibility index (Phi) is 6.26. The highest BCUT2D eigenvalue weighted by Crippen LogP contribution is 2.20. The van der Waals surface area contributed by atoms with Crippen LogP contribution in [0.1, 0.15) is 24.4 Å². The van der Waals surface area contributed by atoms with Crippen LogP contribution in [0, 0.1) is 5.92 Å². The van der Waals surface area contributed by atoms with Crippen LogP contribution in [0.4, 0.5) is 10.5 Å². The van der Waals surface area contributed by atoms with Crippen LogP contribution in [0.5, 0.6) is 0 Å². The number of urea groups is 1. The molecule has 2 atom stereocenters. The number of nitrogens with one attached hydrogen (secondary N) is 2. The van der Waals surface area contributed by atoms with Crippen molar-refractivity contribution in [3.05, 3.63) is 66.2 Å². The minimum absolute atomic E-state index is 0.256. The molecule has 7 nitrogen and oxygen atoms in total. The van der Waals surface area contributed by atoms with E-state index in [1.165, 1.54) is 0 Å². The van der Waals surface area contributed by atoms with Gasteiger partial charge < -0.3 is 20.6 Å². The van der Waals surface area contributed by atoms with Gasteiger partial charge in [-0.25, -0.2) is 9.59 Å². The summed E-state index contributed by atoms with van der Waals surface area (Å²) in [6, 6.07) is 16.3. The molecular weight excluding hydrogens is 358 g/mol. The lowest BCUT2D eigenvalue weighted by molar-refractivity contribution is -0.143. The van der Waals surface area contributed by atoms with Gasteiger partial charge in [0.2, 0.25) is 5.91 Å². The second kappa shape index (κ2) is 9.03. The highest BCUT2D eigenvalue weighted by atomic mass is 16.4. The summed E-state index contributed by atoms with van der Waals surface area (Å²) < 4.78 is 0. The van der Waals surface area contributed by atoms with Crippen LogP contribution >= 0.6 is 0 Å². The predicted molar refractivity (Wildman–Crippen MR) is 105 cm³/mol. The molecule has 1 heterocycles. The molecule has 146 valence electrons. The highest BCUT2D eigenvalue weighted by Gasteiger charge is 2.31. The average molecular weight is 381 g/mol. The number of amides is 3. The number of carboxylic acid groups (broad SMARTS) is 1. The Balaban J connectivity index is 1.62. The van der Waals surface area contributed by atoms with E-state index in [-0.39, 0.29) is 18.5 Å². The third-order valence-electron chi connectivity index (χ3n) is 4.77. The van der Waals surface area contributed by atoms with Crippen LogP contribution in [0.3, 0.4) is 0 Å². The average Bonchev–Trinajstić information content (AvgIpc) is 2.73. The monoisotopic (exact) mass is 381 g/mol. The van der Waals surface area contributed by atoms with Gasteiger partial charge in [-0.2, -0.15) is 0 Å². The van der Waals surface area contributed by atoms with E-state index in [9.17, 15) is 19.5 Å². The van der Waals surface area contributed by atoms with Crippen LogP contribution < -0.4 is 10.6 Å². The fourth-order valence-corrected chi connectivity index (χ4v) is 3.29. The number of anilines is 1. The number of carbonyl (C=O) groups excluding carboxylic acids is 2. The molecule has 3 rings (SSSR count). The summed E-state index contributed by atoms with van der Waals surface area (Å²) in [6.07, 6.45) is 1.30. The molecule has 7 heteroatoms. The van der Waals surface area contributed by atoms with Gasteiger partial charge in [0, 0.05) is 18.8 Å². The molecule has 2 aromatic rings. The molecule has 0 radical (unpaired) electrons. The summed E-state index contributed by atoms with van der Waals surface area (Å²) in [5.74, 6) is -1.91. The van der Waals surface area contributed by atoms with E-state index in [2.05, 4.69) is 10.6 Å². The number of carbonyl (C=O) groups is 3. The molecule has 1 aliphatic heterocycles. The standard InChI is InChI=1S/C21H23N3O4/c25-19(23-18(20(26)27)15-8-3-1-4-9-15)16-10-7-13-24(14-16)21(28)22-17-11-5-2-6-12-17/h1-6,8-9,11-12,16,18H,7,10,13-14H2,(H,22,28)(H,23,25)(H,26,27)/t16?,18-/m0/s1. The van der Waals surface area contributed by atoms with Gasteiger partial charge in [-0.15, -0.1) is 0 Å². The van der Waals surface area contributed by atoms with Gasteiger partial charge in [-0.05, 0) is 30.5 Å². The maximum Gasteiger partial charge on any atom is 0.330 e. The number of piperidine rings is 1. The van der Waals surface area contributed by atoms with Gasteiger partial charge in [0.25, 0.3) is 0 Å². The van der Waals surface area contributed by atoms with Crippen molar-refractivity contribution in [2.45, 2.75) is 18.9 Å². The molecule has 1 aliphatic rings. The molecule has 3 amide bonds. The van der Waals surface area contributed by atoms with Gasteiger partial charge >= 0.3 is 12.0 Å². The van der Waals surface area contributed by atoms with E-state index >= 15 is 0 Å². The Morgan fingerprint density at radius 3 is 2.29 bits per heavy atom. The molecule has 1 unspecified atom stereocenters. The number of hydrogen-bond donors (Lipinski definition) is 3. The Labute approximate surface area is 163 Å². The van der Waals surface area contributed by atoms with Gasteiger partial charge in [-0.1, -0.05) is 48.5 Å². The zero-order valence-electron chi connectivity index (χ0n) is 15.4. The number of aliphatic carboxylic acids is 1. The first kappa shape index (κ1) is 19.4. The minimum atomic E-state index is -1.12. The maximum absolute atomic E-state index is 12.7. The Hall–Kier alpha value is -3.35. The van der Waals surface area contributed by atoms with Crippen molar-refractivity contribution in [2.75, 3.05) is 18.4 Å². The third-order valence-corrected chi connectivity index (χ3v) is 4.77. The van der Waals surface area contributed by atoms with E-state index in [0.717, 1.165) is 0 Å². The minimum Gasteiger partial charge on any atom is -0.479 e. The predicted octanol–water partition coefficient (Wildman–Crippen LogP) is 2.87. The molecule has 0 bridgehead atoms. The summed E-state index contributed by atoms with van der Waals surface area (Å²) >= 11 is 0. The van der Waals surface area contributed by atoms with Crippen molar-refractivity contribution >= 4 is 23.6 Å². The summed E-state index contributed by atoms with van der Waals surface area (Å²) in [7, 11) is 0. The lowest BCUT2D eigenvalue weighted by Gasteiger charge is -2.32. The Bertz CT molecular complexity index is 826. The number of carboxylic acids is 1. The van der Waals surface area contributed by atoms with Crippen LogP contribution in [-0.2, 0) is 9.59 Å². The van der Waals surface area contributed by atoms with Crippen LogP contribution in [0.15, 0.2) is 60.7 Å². The number of para-hydroxylation sites is 1. The van der Waals surface area contributed by atoms with E-state index < -0.39 is 17.9 Å². The summed E-state index contributed by atoms with van der Waals surface area (Å²) in [5, 5.41) is 14.9. The third kappa shape index (κ3) is 4.88. The first-order chi connectivity index (χ1) is 13.5. The molecule has 3 N–H and O–H groups in total. The number of hydrogen-bond acceptors (Lipinski definition) is 3. The summed E-state index contributed by atoms with van der Waals surface area (Å²) in [5.41, 5.74) is 1.20. The Morgan fingerprint density at radius 2 is 1.64 bits per heavy atom. The number of benzene rings is 2. The molecule has 0 aliphatic carbocycles. The van der Waals surface area contributed by atoms with Crippen molar-refractivity contribution in [1.82, 2.24) is 10.2 Å². The van der Waals surface area contributed by atoms with E-state index in [1.807, 2.05) is 18.2 Å². The van der Waals surface area contributed by atoms with Crippen molar-refractivity contribution in [2.24, 2.45) is 5.92 Å². The van der Waals surface area contributed by atoms with E-state index in [0.29, 0.717) is 30.6 Å². The first-order valence-corrected chi connectivity index (χ1v) is 9.23. The number of likely N-dealkylation sites (tertiary alicyclic amines) is 1. The van der Waals surface area contributed by atoms with E-state index in [1.54, 1.807) is 47.4 Å². The van der Waals surface area contributed by atoms with Crippen LogP contribution in [0.25, 0.3) is 0 Å². The second-order valence-corrected chi connectivity index (χ2v) is 6.77. The molecule has 1 fully saturated rings. The van der Waals surface area contributed by atoms with Crippen molar-refractivity contribution in [3.8, 4) is 0 Å². The van der Waals surface area contributed by atoms with Crippen LogP contribution in [0.2, 0.25) is 0 Å². The summed E-state index contributed by atoms with van der Waals surface area (Å²) in [6.45, 7) is 0.815. The van der Waals surface area contributed by atoms with Crippen LogP contribution in [-0.4, -0.2) is 41.0 Å². The van der Waals surface area contributed by atoms with Gasteiger partial charge in [-0.3, -0.25) is 4.79 Å². The smallest absolute Gasteiger partial charge is 0.330 e. The lowest BCUT2D eigenvalue weighted by Crippen LogP contribution is -2.48. The largest absolute Gasteiger partial charge is 0.479 e. The lowest BCUT2D eigenvalue weighted by atomic mass is 9.96. The number of rotatable bonds is 5. The SMILES string of the molecule is O=C(N[C@H](C(=O)O)c1ccccc1)C1CCCN(C(=O)Nc2ccccc2)C1. The topological polar surface area (TPSA) is 98.7 Å². The quantitative estimate of drug-likeness (QED) is 0.742. The molecule has 0 spiro atoms. The maximum atomic E-state index is 12.7. The second-order valence-electron chi connectivity index (χ2n) is 6.77. The fourth-order valence-electron chi connectivity index (χ4n) is 3.29. The Morgan fingerprint density at radius 1 is 1.00 bits per heavy atom. The zero-order valence-corrected chi connectivity index (χ0v) is 15.4. The molecule has 0 aromatic heterocycles. The first-order valence-electron chi connectivity index (χ1n) is 9.23. The van der Waals surface area contributed by atoms with Gasteiger partial charge in [0.05, 0.1) is 5.92 Å². The highest BCUT2D eigenvalue weighted by molar-refractivity contribution is 5.90. The molecule has 1 saturated heterocycles. The molecule has 28 heavy (non-hydrogen) atoms.